The van der Waals surface area contributed by atoms with Gasteiger partial charge in [0.1, 0.15) is 0 Å². The second-order valence-corrected chi connectivity index (χ2v) is 7.38. The number of benzene rings is 1. The number of nitrogens with zero attached hydrogens (tertiary/aromatic N) is 1. The Morgan fingerprint density at radius 2 is 1.96 bits per heavy atom. The minimum Gasteiger partial charge on any atom is -0.391 e. The van der Waals surface area contributed by atoms with Crippen molar-refractivity contribution < 1.29 is 14.6 Å². The van der Waals surface area contributed by atoms with E-state index in [4.69, 9.17) is 9.47 Å². The largest absolute Gasteiger partial charge is 0.391 e. The van der Waals surface area contributed by atoms with Gasteiger partial charge in [0, 0.05) is 31.5 Å². The third-order valence-electron chi connectivity index (χ3n) is 6.03. The molecule has 0 radical (unpaired) electrons. The van der Waals surface area contributed by atoms with Crippen molar-refractivity contribution in [3.8, 4) is 0 Å². The molecule has 4 rings (SSSR count). The fourth-order valence-electron chi connectivity index (χ4n) is 4.69. The highest BCUT2D eigenvalue weighted by molar-refractivity contribution is 5.15. The molecule has 3 fully saturated rings. The number of hydrogen-bond donors (Lipinski definition) is 1. The average molecular weight is 317 g/mol. The van der Waals surface area contributed by atoms with E-state index in [1.165, 1.54) is 5.56 Å². The Hall–Kier alpha value is -0.940. The molecule has 126 valence electrons. The van der Waals surface area contributed by atoms with E-state index in [9.17, 15) is 5.11 Å². The summed E-state index contributed by atoms with van der Waals surface area (Å²) in [5.41, 5.74) is 1.31. The maximum Gasteiger partial charge on any atom is 0.170 e. The van der Waals surface area contributed by atoms with Gasteiger partial charge in [0.15, 0.2) is 5.79 Å². The molecular weight excluding hydrogens is 290 g/mol. The highest BCUT2D eigenvalue weighted by Gasteiger charge is 2.50. The summed E-state index contributed by atoms with van der Waals surface area (Å²) in [4.78, 5) is 2.49. The van der Waals surface area contributed by atoms with E-state index in [2.05, 4.69) is 42.2 Å². The number of hydrogen-bond acceptors (Lipinski definition) is 4. The minimum atomic E-state index is -0.363. The first-order valence-corrected chi connectivity index (χ1v) is 8.92. The molecule has 1 saturated carbocycles. The van der Waals surface area contributed by atoms with Gasteiger partial charge in [-0.15, -0.1) is 0 Å². The summed E-state index contributed by atoms with van der Waals surface area (Å²) in [5.74, 6) is 0.182. The first-order valence-electron chi connectivity index (χ1n) is 8.92. The molecule has 0 unspecified atom stereocenters. The van der Waals surface area contributed by atoms with E-state index in [-0.39, 0.29) is 17.9 Å². The van der Waals surface area contributed by atoms with Crippen LogP contribution in [0.3, 0.4) is 0 Å². The molecule has 1 aromatic carbocycles. The molecule has 2 heterocycles. The maximum atomic E-state index is 10.5. The summed E-state index contributed by atoms with van der Waals surface area (Å²) in [6.07, 6.45) is 3.66. The fraction of sp³-hybridized carbons (Fsp3) is 0.684. The molecule has 4 heteroatoms. The molecule has 3 aliphatic rings. The molecule has 0 aromatic heterocycles. The quantitative estimate of drug-likeness (QED) is 0.910. The summed E-state index contributed by atoms with van der Waals surface area (Å²) < 4.78 is 12.0. The van der Waals surface area contributed by atoms with E-state index in [0.29, 0.717) is 25.2 Å². The number of aliphatic hydroxyl groups is 1. The second-order valence-electron chi connectivity index (χ2n) is 7.38. The van der Waals surface area contributed by atoms with Crippen LogP contribution in [-0.2, 0) is 16.0 Å². The summed E-state index contributed by atoms with van der Waals surface area (Å²) in [7, 11) is 0. The smallest absolute Gasteiger partial charge is 0.170 e. The van der Waals surface area contributed by atoms with Crippen LogP contribution in [0.5, 0.6) is 0 Å². The van der Waals surface area contributed by atoms with Gasteiger partial charge in [-0.3, -0.25) is 4.90 Å². The molecule has 2 aliphatic heterocycles. The van der Waals surface area contributed by atoms with Crippen LogP contribution in [-0.4, -0.2) is 47.2 Å². The molecule has 4 atom stereocenters. The van der Waals surface area contributed by atoms with Gasteiger partial charge in [0.2, 0.25) is 0 Å². The zero-order chi connectivity index (χ0) is 15.9. The van der Waals surface area contributed by atoms with Gasteiger partial charge in [-0.2, -0.15) is 0 Å². The van der Waals surface area contributed by atoms with Crippen molar-refractivity contribution in [1.29, 1.82) is 0 Å². The Morgan fingerprint density at radius 1 is 1.22 bits per heavy atom. The molecule has 1 N–H and O–H groups in total. The number of aliphatic hydroxyl groups excluding tert-OH is 1. The van der Waals surface area contributed by atoms with Gasteiger partial charge in [0.25, 0.3) is 0 Å². The normalized spacial score (nSPS) is 37.0. The predicted molar refractivity (Wildman–Crippen MR) is 87.8 cm³/mol. The predicted octanol–water partition coefficient (Wildman–Crippen LogP) is 2.55. The summed E-state index contributed by atoms with van der Waals surface area (Å²) in [5, 5.41) is 10.5. The van der Waals surface area contributed by atoms with Crippen LogP contribution in [0, 0.1) is 5.92 Å². The van der Waals surface area contributed by atoms with E-state index in [1.807, 2.05) is 0 Å². The Balaban J connectivity index is 1.58. The lowest BCUT2D eigenvalue weighted by Crippen LogP contribution is -2.60. The average Bonchev–Trinajstić information content (AvgIpc) is 3.02. The van der Waals surface area contributed by atoms with Gasteiger partial charge in [-0.1, -0.05) is 30.3 Å². The maximum absolute atomic E-state index is 10.5. The SMILES string of the molecule is C[C@@H]1[C@H](O)C[C@H]2CCC3(C[C@H]2N1Cc1ccccc1)OCCO3. The van der Waals surface area contributed by atoms with Crippen LogP contribution < -0.4 is 0 Å². The lowest BCUT2D eigenvalue weighted by molar-refractivity contribution is -0.212. The van der Waals surface area contributed by atoms with Crippen molar-refractivity contribution in [2.45, 2.75) is 63.1 Å². The molecular formula is C19H27NO3. The number of piperidine rings is 1. The molecule has 1 aromatic rings. The fourth-order valence-corrected chi connectivity index (χ4v) is 4.69. The van der Waals surface area contributed by atoms with Gasteiger partial charge >= 0.3 is 0 Å². The van der Waals surface area contributed by atoms with Crippen molar-refractivity contribution in [2.24, 2.45) is 5.92 Å². The van der Waals surface area contributed by atoms with Crippen molar-refractivity contribution >= 4 is 0 Å². The number of fused-ring (bicyclic) bond motifs is 1. The van der Waals surface area contributed by atoms with Crippen LogP contribution in [0.25, 0.3) is 0 Å². The molecule has 4 nitrogen and oxygen atoms in total. The van der Waals surface area contributed by atoms with Crippen molar-refractivity contribution in [3.63, 3.8) is 0 Å². The summed E-state index contributed by atoms with van der Waals surface area (Å²) in [6.45, 7) is 4.47. The lowest BCUT2D eigenvalue weighted by Gasteiger charge is -2.53. The van der Waals surface area contributed by atoms with E-state index in [1.54, 1.807) is 0 Å². The Kier molecular flexibility index (Phi) is 4.18. The first kappa shape index (κ1) is 15.6. The molecule has 2 saturated heterocycles. The molecule has 1 spiro atoms. The highest BCUT2D eigenvalue weighted by atomic mass is 16.7. The minimum absolute atomic E-state index is 0.174. The topological polar surface area (TPSA) is 41.9 Å². The molecule has 23 heavy (non-hydrogen) atoms. The Labute approximate surface area is 138 Å². The molecule has 1 aliphatic carbocycles. The highest BCUT2D eigenvalue weighted by Crippen LogP contribution is 2.45. The van der Waals surface area contributed by atoms with Crippen LogP contribution in [0.15, 0.2) is 30.3 Å². The second kappa shape index (κ2) is 6.17. The number of rotatable bonds is 2. The van der Waals surface area contributed by atoms with Gasteiger partial charge in [-0.05, 0) is 31.2 Å². The zero-order valence-corrected chi connectivity index (χ0v) is 13.9. The Morgan fingerprint density at radius 3 is 2.70 bits per heavy atom. The number of ether oxygens (including phenoxy) is 2. The van der Waals surface area contributed by atoms with Crippen LogP contribution in [0.4, 0.5) is 0 Å². The van der Waals surface area contributed by atoms with Crippen LogP contribution >= 0.6 is 0 Å². The standard InChI is InChI=1S/C19H27NO3/c1-14-18(21)11-16-7-8-19(22-9-10-23-19)12-17(16)20(14)13-15-5-3-2-4-6-15/h2-6,14,16-18,21H,7-13H2,1H3/t14-,16-,17-,18-/m1/s1. The van der Waals surface area contributed by atoms with Crippen LogP contribution in [0.2, 0.25) is 0 Å². The van der Waals surface area contributed by atoms with E-state index in [0.717, 1.165) is 32.2 Å². The molecule has 0 bridgehead atoms. The number of likely N-dealkylation sites (tertiary alicyclic amines) is 1. The van der Waals surface area contributed by atoms with Crippen molar-refractivity contribution in [3.05, 3.63) is 35.9 Å². The van der Waals surface area contributed by atoms with Crippen LogP contribution in [0.1, 0.15) is 38.2 Å². The third kappa shape index (κ3) is 2.93. The Bertz CT molecular complexity index is 529. The monoisotopic (exact) mass is 317 g/mol. The zero-order valence-electron chi connectivity index (χ0n) is 13.9. The van der Waals surface area contributed by atoms with E-state index < -0.39 is 0 Å². The molecule has 0 amide bonds. The first-order chi connectivity index (χ1) is 11.2. The van der Waals surface area contributed by atoms with Crippen molar-refractivity contribution in [2.75, 3.05) is 13.2 Å². The summed E-state index contributed by atoms with van der Waals surface area (Å²) >= 11 is 0. The summed E-state index contributed by atoms with van der Waals surface area (Å²) in [6, 6.07) is 11.2. The third-order valence-corrected chi connectivity index (χ3v) is 6.03. The van der Waals surface area contributed by atoms with E-state index >= 15 is 0 Å². The van der Waals surface area contributed by atoms with Gasteiger partial charge in [0.05, 0.1) is 19.3 Å². The van der Waals surface area contributed by atoms with Crippen molar-refractivity contribution in [1.82, 2.24) is 4.90 Å². The van der Waals surface area contributed by atoms with Gasteiger partial charge < -0.3 is 14.6 Å². The van der Waals surface area contributed by atoms with Gasteiger partial charge in [-0.25, -0.2) is 0 Å². The lowest BCUT2D eigenvalue weighted by atomic mass is 9.73.